The molecule has 1 N–H and O–H groups in total. The first-order chi connectivity index (χ1) is 6.76. The second kappa shape index (κ2) is 3.64. The average Bonchev–Trinajstić information content (AvgIpc) is 2.00. The fourth-order valence-corrected chi connectivity index (χ4v) is 1.71. The van der Waals surface area contributed by atoms with Crippen molar-refractivity contribution in [1.29, 1.82) is 0 Å². The van der Waals surface area contributed by atoms with Gasteiger partial charge in [0.15, 0.2) is 0 Å². The van der Waals surface area contributed by atoms with E-state index in [2.05, 4.69) is 0 Å². The molecule has 0 aromatic carbocycles. The summed E-state index contributed by atoms with van der Waals surface area (Å²) >= 11 is 0. The number of carboxylic acid groups (broad SMARTS) is 1. The van der Waals surface area contributed by atoms with Crippen molar-refractivity contribution in [2.45, 2.75) is 39.2 Å². The summed E-state index contributed by atoms with van der Waals surface area (Å²) in [5, 5.41) is 8.95. The third-order valence-electron chi connectivity index (χ3n) is 2.63. The molecule has 1 saturated heterocycles. The predicted molar refractivity (Wildman–Crippen MR) is 52.0 cm³/mol. The zero-order chi connectivity index (χ0) is 11.8. The summed E-state index contributed by atoms with van der Waals surface area (Å²) in [6, 6.07) is 0. The quantitative estimate of drug-likeness (QED) is 0.683. The number of carbonyl (C=O) groups is 3. The molecule has 0 saturated carbocycles. The number of carboxylic acids is 1. The number of piperidine rings is 1. The van der Waals surface area contributed by atoms with E-state index < -0.39 is 23.3 Å². The number of rotatable bonds is 2. The van der Waals surface area contributed by atoms with Crippen LogP contribution >= 0.6 is 0 Å². The van der Waals surface area contributed by atoms with E-state index in [9.17, 15) is 14.4 Å². The normalized spacial score (nSPS) is 19.5. The predicted octanol–water partition coefficient (Wildman–Crippen LogP) is 0.635. The van der Waals surface area contributed by atoms with Gasteiger partial charge in [0.1, 0.15) is 5.54 Å². The smallest absolute Gasteiger partial charge is 0.329 e. The minimum absolute atomic E-state index is 0.00541. The molecular formula is C10H15NO4. The summed E-state index contributed by atoms with van der Waals surface area (Å²) in [7, 11) is 0. The van der Waals surface area contributed by atoms with Crippen molar-refractivity contribution in [2.24, 2.45) is 5.92 Å². The van der Waals surface area contributed by atoms with Gasteiger partial charge in [-0.1, -0.05) is 6.92 Å². The molecule has 2 amide bonds. The topological polar surface area (TPSA) is 74.7 Å². The van der Waals surface area contributed by atoms with Crippen LogP contribution in [0.25, 0.3) is 0 Å². The summed E-state index contributed by atoms with van der Waals surface area (Å²) in [4.78, 5) is 35.0. The Hall–Kier alpha value is -1.39. The lowest BCUT2D eigenvalue weighted by molar-refractivity contribution is -0.167. The van der Waals surface area contributed by atoms with Crippen molar-refractivity contribution in [1.82, 2.24) is 4.90 Å². The molecule has 1 rings (SSSR count). The van der Waals surface area contributed by atoms with Gasteiger partial charge in [0, 0.05) is 12.8 Å². The SMILES string of the molecule is CC1CC(=O)N(C(C)(C)C(=O)O)C(=O)C1. The fourth-order valence-electron chi connectivity index (χ4n) is 1.71. The Morgan fingerprint density at radius 1 is 1.33 bits per heavy atom. The van der Waals surface area contributed by atoms with Gasteiger partial charge in [0.25, 0.3) is 0 Å². The van der Waals surface area contributed by atoms with Gasteiger partial charge >= 0.3 is 5.97 Å². The molecule has 5 heteroatoms. The first kappa shape index (κ1) is 11.7. The molecule has 5 nitrogen and oxygen atoms in total. The molecule has 84 valence electrons. The molecule has 0 aromatic heterocycles. The van der Waals surface area contributed by atoms with Gasteiger partial charge in [-0.25, -0.2) is 4.79 Å². The van der Waals surface area contributed by atoms with Crippen molar-refractivity contribution in [3.05, 3.63) is 0 Å². The zero-order valence-corrected chi connectivity index (χ0v) is 9.11. The number of aliphatic carboxylic acids is 1. The minimum atomic E-state index is -1.45. The van der Waals surface area contributed by atoms with Crippen molar-refractivity contribution >= 4 is 17.8 Å². The summed E-state index contributed by atoms with van der Waals surface area (Å²) < 4.78 is 0. The molecule has 15 heavy (non-hydrogen) atoms. The van der Waals surface area contributed by atoms with Crippen LogP contribution in [0.3, 0.4) is 0 Å². The van der Waals surface area contributed by atoms with Crippen molar-refractivity contribution < 1.29 is 19.5 Å². The van der Waals surface area contributed by atoms with E-state index in [-0.39, 0.29) is 18.8 Å². The second-order valence-corrected chi connectivity index (χ2v) is 4.50. The van der Waals surface area contributed by atoms with Crippen LogP contribution in [0.5, 0.6) is 0 Å². The van der Waals surface area contributed by atoms with E-state index in [0.717, 1.165) is 4.90 Å². The summed E-state index contributed by atoms with van der Waals surface area (Å²) in [6.07, 6.45) is 0.477. The Balaban J connectivity index is 2.99. The van der Waals surface area contributed by atoms with Gasteiger partial charge in [-0.15, -0.1) is 0 Å². The van der Waals surface area contributed by atoms with Gasteiger partial charge in [-0.05, 0) is 19.8 Å². The molecule has 1 heterocycles. The van der Waals surface area contributed by atoms with Gasteiger partial charge in [-0.3, -0.25) is 14.5 Å². The first-order valence-corrected chi connectivity index (χ1v) is 4.86. The van der Waals surface area contributed by atoms with E-state index >= 15 is 0 Å². The van der Waals surface area contributed by atoms with Crippen LogP contribution in [0.4, 0.5) is 0 Å². The van der Waals surface area contributed by atoms with Crippen LogP contribution in [-0.2, 0) is 14.4 Å². The van der Waals surface area contributed by atoms with E-state index in [1.54, 1.807) is 6.92 Å². The Kier molecular flexibility index (Phi) is 2.83. The minimum Gasteiger partial charge on any atom is -0.480 e. The van der Waals surface area contributed by atoms with Crippen LogP contribution in [-0.4, -0.2) is 33.3 Å². The maximum absolute atomic E-state index is 11.6. The third-order valence-corrected chi connectivity index (χ3v) is 2.63. The van der Waals surface area contributed by atoms with Crippen LogP contribution in [0.15, 0.2) is 0 Å². The Morgan fingerprint density at radius 3 is 2.07 bits per heavy atom. The van der Waals surface area contributed by atoms with Crippen LogP contribution < -0.4 is 0 Å². The monoisotopic (exact) mass is 213 g/mol. The van der Waals surface area contributed by atoms with Crippen LogP contribution in [0.2, 0.25) is 0 Å². The highest BCUT2D eigenvalue weighted by atomic mass is 16.4. The number of imide groups is 1. The van der Waals surface area contributed by atoms with E-state index in [4.69, 9.17) is 5.11 Å². The highest BCUT2D eigenvalue weighted by Crippen LogP contribution is 2.26. The van der Waals surface area contributed by atoms with E-state index in [1.807, 2.05) is 0 Å². The lowest BCUT2D eigenvalue weighted by Gasteiger charge is -2.37. The molecule has 0 unspecified atom stereocenters. The summed E-state index contributed by atoms with van der Waals surface area (Å²) in [5.74, 6) is -1.96. The zero-order valence-electron chi connectivity index (χ0n) is 9.11. The Morgan fingerprint density at radius 2 is 1.73 bits per heavy atom. The van der Waals surface area contributed by atoms with Crippen LogP contribution in [0, 0.1) is 5.92 Å². The molecular weight excluding hydrogens is 198 g/mol. The van der Waals surface area contributed by atoms with Crippen molar-refractivity contribution in [3.8, 4) is 0 Å². The maximum Gasteiger partial charge on any atom is 0.329 e. The first-order valence-electron chi connectivity index (χ1n) is 4.86. The molecule has 1 aliphatic rings. The van der Waals surface area contributed by atoms with Gasteiger partial charge in [0.05, 0.1) is 0 Å². The Labute approximate surface area is 88.1 Å². The van der Waals surface area contributed by atoms with Gasteiger partial charge in [0.2, 0.25) is 11.8 Å². The number of likely N-dealkylation sites (tertiary alicyclic amines) is 1. The largest absolute Gasteiger partial charge is 0.480 e. The third kappa shape index (κ3) is 2.00. The molecule has 0 aromatic rings. The molecule has 1 fully saturated rings. The highest BCUT2D eigenvalue weighted by molar-refractivity contribution is 6.02. The number of carbonyl (C=O) groups excluding carboxylic acids is 2. The lowest BCUT2D eigenvalue weighted by atomic mass is 9.92. The summed E-state index contributed by atoms with van der Waals surface area (Å²) in [6.45, 7) is 4.53. The molecule has 0 atom stereocenters. The highest BCUT2D eigenvalue weighted by Gasteiger charge is 2.44. The number of hydrogen-bond acceptors (Lipinski definition) is 3. The standard InChI is InChI=1S/C10H15NO4/c1-6-4-7(12)11(8(13)5-6)10(2,3)9(14)15/h6H,4-5H2,1-3H3,(H,14,15). The summed E-state index contributed by atoms with van der Waals surface area (Å²) in [5.41, 5.74) is -1.45. The molecule has 0 spiro atoms. The van der Waals surface area contributed by atoms with Crippen LogP contribution in [0.1, 0.15) is 33.6 Å². The molecule has 0 aliphatic carbocycles. The molecule has 1 aliphatic heterocycles. The van der Waals surface area contributed by atoms with Crippen molar-refractivity contribution in [3.63, 3.8) is 0 Å². The Bertz CT molecular complexity index is 303. The lowest BCUT2D eigenvalue weighted by Crippen LogP contribution is -2.58. The number of hydrogen-bond donors (Lipinski definition) is 1. The van der Waals surface area contributed by atoms with E-state index in [1.165, 1.54) is 13.8 Å². The molecule has 0 radical (unpaired) electrons. The average molecular weight is 213 g/mol. The second-order valence-electron chi connectivity index (χ2n) is 4.50. The van der Waals surface area contributed by atoms with Crippen molar-refractivity contribution in [2.75, 3.05) is 0 Å². The van der Waals surface area contributed by atoms with Gasteiger partial charge < -0.3 is 5.11 Å². The fraction of sp³-hybridized carbons (Fsp3) is 0.700. The maximum atomic E-state index is 11.6. The number of nitrogens with zero attached hydrogens (tertiary/aromatic N) is 1. The van der Waals surface area contributed by atoms with Gasteiger partial charge in [-0.2, -0.15) is 0 Å². The van der Waals surface area contributed by atoms with E-state index in [0.29, 0.717) is 0 Å². The molecule has 0 bridgehead atoms. The number of amides is 2.